The maximum absolute atomic E-state index is 13.0. The van der Waals surface area contributed by atoms with Gasteiger partial charge in [0.2, 0.25) is 0 Å². The van der Waals surface area contributed by atoms with Gasteiger partial charge in [0.05, 0.1) is 18.3 Å². The van der Waals surface area contributed by atoms with Gasteiger partial charge in [0.25, 0.3) is 5.91 Å². The van der Waals surface area contributed by atoms with Gasteiger partial charge in [0.15, 0.2) is 11.5 Å². The van der Waals surface area contributed by atoms with E-state index in [0.717, 1.165) is 36.1 Å². The molecule has 0 radical (unpaired) electrons. The molecule has 1 aliphatic carbocycles. The first-order valence-corrected chi connectivity index (χ1v) is 11.5. The minimum Gasteiger partial charge on any atom is -0.490 e. The number of benzene rings is 1. The molecule has 1 aromatic carbocycles. The number of amides is 1. The van der Waals surface area contributed by atoms with Crippen LogP contribution in [0.1, 0.15) is 71.2 Å². The van der Waals surface area contributed by atoms with Crippen molar-refractivity contribution >= 4 is 28.2 Å². The van der Waals surface area contributed by atoms with E-state index in [0.29, 0.717) is 17.0 Å². The van der Waals surface area contributed by atoms with Crippen LogP contribution in [0.3, 0.4) is 0 Å². The van der Waals surface area contributed by atoms with Crippen molar-refractivity contribution in [2.45, 2.75) is 65.6 Å². The van der Waals surface area contributed by atoms with Gasteiger partial charge in [-0.15, -0.1) is 11.3 Å². The van der Waals surface area contributed by atoms with Crippen molar-refractivity contribution in [2.24, 2.45) is 0 Å². The smallest absolute Gasteiger partial charge is 0.387 e. The summed E-state index contributed by atoms with van der Waals surface area (Å²) < 4.78 is 40.6. The van der Waals surface area contributed by atoms with E-state index >= 15 is 0 Å². The Labute approximate surface area is 189 Å². The predicted molar refractivity (Wildman–Crippen MR) is 118 cm³/mol. The molecule has 6 nitrogen and oxygen atoms in total. The molecule has 1 heterocycles. The van der Waals surface area contributed by atoms with Crippen molar-refractivity contribution in [3.05, 3.63) is 39.8 Å². The molecule has 174 valence electrons. The fourth-order valence-corrected chi connectivity index (χ4v) is 4.75. The van der Waals surface area contributed by atoms with E-state index in [2.05, 4.69) is 10.1 Å². The van der Waals surface area contributed by atoms with E-state index in [4.69, 9.17) is 9.47 Å². The largest absolute Gasteiger partial charge is 0.490 e. The number of aryl methyl sites for hydroxylation is 1. The molecule has 0 saturated heterocycles. The van der Waals surface area contributed by atoms with E-state index in [1.807, 2.05) is 13.8 Å². The Balaban J connectivity index is 1.89. The van der Waals surface area contributed by atoms with Crippen molar-refractivity contribution in [1.82, 2.24) is 0 Å². The number of fused-ring (bicyclic) bond motifs is 1. The van der Waals surface area contributed by atoms with Crippen molar-refractivity contribution in [2.75, 3.05) is 11.9 Å². The molecule has 0 aliphatic heterocycles. The summed E-state index contributed by atoms with van der Waals surface area (Å²) in [5.74, 6) is -1.03. The molecule has 1 aromatic heterocycles. The lowest BCUT2D eigenvalue weighted by Crippen LogP contribution is -2.19. The molecule has 1 unspecified atom stereocenters. The SMILES string of the molecule is CCOc1cc(C(=O)Nc2sc3c(c2C(=O)OC(C)CC)CCCC3)ccc1OC(F)F. The lowest BCUT2D eigenvalue weighted by atomic mass is 9.95. The van der Waals surface area contributed by atoms with Gasteiger partial charge in [-0.05, 0) is 69.7 Å². The topological polar surface area (TPSA) is 73.9 Å². The van der Waals surface area contributed by atoms with Gasteiger partial charge >= 0.3 is 12.6 Å². The molecule has 32 heavy (non-hydrogen) atoms. The lowest BCUT2D eigenvalue weighted by Gasteiger charge is -2.15. The second-order valence-corrected chi connectivity index (χ2v) is 8.57. The Kier molecular flexibility index (Phi) is 8.06. The first-order chi connectivity index (χ1) is 15.3. The summed E-state index contributed by atoms with van der Waals surface area (Å²) in [4.78, 5) is 26.9. The number of esters is 1. The number of hydrogen-bond acceptors (Lipinski definition) is 6. The first kappa shape index (κ1) is 24.0. The van der Waals surface area contributed by atoms with Crippen molar-refractivity contribution < 1.29 is 32.6 Å². The quantitative estimate of drug-likeness (QED) is 0.470. The van der Waals surface area contributed by atoms with Gasteiger partial charge < -0.3 is 19.5 Å². The number of ether oxygens (including phenoxy) is 3. The average molecular weight is 468 g/mol. The van der Waals surface area contributed by atoms with Crippen LogP contribution in [-0.2, 0) is 17.6 Å². The molecule has 0 spiro atoms. The minimum atomic E-state index is -3.01. The molecular formula is C23H27F2NO5S. The van der Waals surface area contributed by atoms with Crippen LogP contribution < -0.4 is 14.8 Å². The first-order valence-electron chi connectivity index (χ1n) is 10.7. The molecule has 0 saturated carbocycles. The highest BCUT2D eigenvalue weighted by molar-refractivity contribution is 7.17. The zero-order valence-electron chi connectivity index (χ0n) is 18.3. The number of carbonyl (C=O) groups excluding carboxylic acids is 2. The monoisotopic (exact) mass is 467 g/mol. The molecule has 9 heteroatoms. The van der Waals surface area contributed by atoms with Gasteiger partial charge in [-0.1, -0.05) is 6.92 Å². The number of rotatable bonds is 9. The summed E-state index contributed by atoms with van der Waals surface area (Å²) in [6.45, 7) is 2.66. The normalized spacial score (nSPS) is 13.9. The Hall–Kier alpha value is -2.68. The molecule has 0 bridgehead atoms. The molecule has 1 aliphatic rings. The van der Waals surface area contributed by atoms with Crippen LogP contribution in [-0.4, -0.2) is 31.2 Å². The summed E-state index contributed by atoms with van der Waals surface area (Å²) >= 11 is 1.39. The molecule has 1 N–H and O–H groups in total. The van der Waals surface area contributed by atoms with Gasteiger partial charge in [-0.2, -0.15) is 8.78 Å². The number of halogens is 2. The number of nitrogens with one attached hydrogen (secondary N) is 1. The summed E-state index contributed by atoms with van der Waals surface area (Å²) in [7, 11) is 0. The molecule has 1 atom stereocenters. The van der Waals surface area contributed by atoms with E-state index < -0.39 is 18.5 Å². The van der Waals surface area contributed by atoms with Crippen molar-refractivity contribution in [3.8, 4) is 11.5 Å². The van der Waals surface area contributed by atoms with Crippen LogP contribution in [0, 0.1) is 0 Å². The highest BCUT2D eigenvalue weighted by Gasteiger charge is 2.28. The van der Waals surface area contributed by atoms with Gasteiger partial charge in [-0.3, -0.25) is 4.79 Å². The maximum Gasteiger partial charge on any atom is 0.387 e. The zero-order valence-corrected chi connectivity index (χ0v) is 19.2. The van der Waals surface area contributed by atoms with E-state index in [9.17, 15) is 18.4 Å². The lowest BCUT2D eigenvalue weighted by molar-refractivity contribution is -0.0514. The molecule has 3 rings (SSSR count). The fraction of sp³-hybridized carbons (Fsp3) is 0.478. The van der Waals surface area contributed by atoms with Crippen LogP contribution in [0.4, 0.5) is 13.8 Å². The maximum atomic E-state index is 13.0. The highest BCUT2D eigenvalue weighted by Crippen LogP contribution is 2.39. The van der Waals surface area contributed by atoms with Crippen molar-refractivity contribution in [1.29, 1.82) is 0 Å². The third kappa shape index (κ3) is 5.56. The van der Waals surface area contributed by atoms with Gasteiger partial charge in [-0.25, -0.2) is 4.79 Å². The van der Waals surface area contributed by atoms with Gasteiger partial charge in [0, 0.05) is 10.4 Å². The number of thiophene rings is 1. The second kappa shape index (κ2) is 10.8. The number of carbonyl (C=O) groups is 2. The minimum absolute atomic E-state index is 0.0438. The molecule has 1 amide bonds. The van der Waals surface area contributed by atoms with E-state index in [1.165, 1.54) is 29.5 Å². The van der Waals surface area contributed by atoms with Crippen LogP contribution in [0.2, 0.25) is 0 Å². The third-order valence-corrected chi connectivity index (χ3v) is 6.41. The summed E-state index contributed by atoms with van der Waals surface area (Å²) in [6.07, 6.45) is 4.08. The summed E-state index contributed by atoms with van der Waals surface area (Å²) in [5.41, 5.74) is 1.56. The number of anilines is 1. The summed E-state index contributed by atoms with van der Waals surface area (Å²) in [5, 5.41) is 3.27. The Morgan fingerprint density at radius 3 is 2.59 bits per heavy atom. The fourth-order valence-electron chi connectivity index (χ4n) is 3.48. The van der Waals surface area contributed by atoms with E-state index in [-0.39, 0.29) is 29.8 Å². The van der Waals surface area contributed by atoms with Gasteiger partial charge in [0.1, 0.15) is 5.00 Å². The summed E-state index contributed by atoms with van der Waals surface area (Å²) in [6, 6.07) is 3.99. The third-order valence-electron chi connectivity index (χ3n) is 5.21. The number of hydrogen-bond donors (Lipinski definition) is 1. The van der Waals surface area contributed by atoms with Crippen LogP contribution in [0.15, 0.2) is 18.2 Å². The number of alkyl halides is 2. The highest BCUT2D eigenvalue weighted by atomic mass is 32.1. The van der Waals surface area contributed by atoms with Crippen LogP contribution in [0.5, 0.6) is 11.5 Å². The van der Waals surface area contributed by atoms with Crippen LogP contribution >= 0.6 is 11.3 Å². The predicted octanol–water partition coefficient (Wildman–Crippen LogP) is 5.83. The zero-order chi connectivity index (χ0) is 23.3. The molecular weight excluding hydrogens is 440 g/mol. The second-order valence-electron chi connectivity index (χ2n) is 7.47. The van der Waals surface area contributed by atoms with Crippen molar-refractivity contribution in [3.63, 3.8) is 0 Å². The average Bonchev–Trinajstić information content (AvgIpc) is 3.12. The standard InChI is InChI=1S/C23H27F2NO5S/c1-4-13(3)30-22(28)19-15-8-6-7-9-18(15)32-21(19)26-20(27)14-10-11-16(31-23(24)25)17(12-14)29-5-2/h10-13,23H,4-9H2,1-3H3,(H,26,27). The Morgan fingerprint density at radius 1 is 1.16 bits per heavy atom. The Bertz CT molecular complexity index is 976. The van der Waals surface area contributed by atoms with Crippen LogP contribution in [0.25, 0.3) is 0 Å². The molecule has 2 aromatic rings. The van der Waals surface area contributed by atoms with E-state index in [1.54, 1.807) is 6.92 Å². The Morgan fingerprint density at radius 2 is 1.91 bits per heavy atom. The molecule has 0 fully saturated rings.